The van der Waals surface area contributed by atoms with Gasteiger partial charge in [0.05, 0.1) is 0 Å². The summed E-state index contributed by atoms with van der Waals surface area (Å²) in [4.78, 5) is 0. The molecule has 3 rings (SSSR count). The summed E-state index contributed by atoms with van der Waals surface area (Å²) >= 11 is 0. The molecule has 2 aromatic rings. The van der Waals surface area contributed by atoms with Crippen LogP contribution in [0.5, 0.6) is 11.5 Å². The number of hydrogen-bond acceptors (Lipinski definition) is 3. The number of fused-ring (bicyclic) bond motifs is 1. The van der Waals surface area contributed by atoms with Crippen LogP contribution in [0, 0.1) is 12.7 Å². The summed E-state index contributed by atoms with van der Waals surface area (Å²) in [6.07, 6.45) is 0. The molecule has 4 heteroatoms. The number of halogens is 1. The van der Waals surface area contributed by atoms with Crippen molar-refractivity contribution in [2.45, 2.75) is 13.5 Å². The van der Waals surface area contributed by atoms with Crippen LogP contribution >= 0.6 is 0 Å². The average Bonchev–Trinajstić information content (AvgIpc) is 2.82. The van der Waals surface area contributed by atoms with Gasteiger partial charge in [-0.05, 0) is 48.4 Å². The molecule has 2 aromatic carbocycles. The number of anilines is 1. The summed E-state index contributed by atoms with van der Waals surface area (Å²) in [5.74, 6) is 1.30. The fourth-order valence-electron chi connectivity index (χ4n) is 2.09. The van der Waals surface area contributed by atoms with E-state index in [1.807, 2.05) is 31.2 Å². The number of hydrogen-bond donors (Lipinski definition) is 1. The summed E-state index contributed by atoms with van der Waals surface area (Å²) in [6.45, 7) is 2.75. The fourth-order valence-corrected chi connectivity index (χ4v) is 2.09. The smallest absolute Gasteiger partial charge is 0.231 e. The van der Waals surface area contributed by atoms with Crippen molar-refractivity contribution >= 4 is 5.69 Å². The zero-order chi connectivity index (χ0) is 13.2. The lowest BCUT2D eigenvalue weighted by atomic mass is 10.2. The Hall–Kier alpha value is -2.23. The van der Waals surface area contributed by atoms with Gasteiger partial charge in [-0.25, -0.2) is 4.39 Å². The Balaban J connectivity index is 1.72. The van der Waals surface area contributed by atoms with Crippen LogP contribution in [0.15, 0.2) is 36.4 Å². The normalized spacial score (nSPS) is 12.5. The van der Waals surface area contributed by atoms with E-state index in [-0.39, 0.29) is 12.6 Å². The molecule has 19 heavy (non-hydrogen) atoms. The van der Waals surface area contributed by atoms with Crippen LogP contribution in [0.25, 0.3) is 0 Å². The van der Waals surface area contributed by atoms with Gasteiger partial charge < -0.3 is 14.8 Å². The zero-order valence-electron chi connectivity index (χ0n) is 10.6. The highest BCUT2D eigenvalue weighted by Gasteiger charge is 2.12. The Bertz CT molecular complexity index is 593. The number of nitrogens with one attached hydrogen (secondary N) is 1. The molecule has 0 aliphatic carbocycles. The molecule has 1 aliphatic heterocycles. The topological polar surface area (TPSA) is 30.5 Å². The highest BCUT2D eigenvalue weighted by Crippen LogP contribution is 2.32. The molecule has 98 valence electrons. The summed E-state index contributed by atoms with van der Waals surface area (Å²) in [5, 5.41) is 3.20. The first kappa shape index (κ1) is 11.8. The van der Waals surface area contributed by atoms with E-state index in [2.05, 4.69) is 5.32 Å². The third kappa shape index (κ3) is 2.62. The van der Waals surface area contributed by atoms with E-state index in [1.54, 1.807) is 0 Å². The molecule has 0 unspecified atom stereocenters. The second-order valence-corrected chi connectivity index (χ2v) is 4.56. The maximum Gasteiger partial charge on any atom is 0.231 e. The predicted octanol–water partition coefficient (Wildman–Crippen LogP) is 3.47. The van der Waals surface area contributed by atoms with Gasteiger partial charge >= 0.3 is 0 Å². The molecule has 1 aliphatic rings. The van der Waals surface area contributed by atoms with Gasteiger partial charge in [0, 0.05) is 12.2 Å². The van der Waals surface area contributed by atoms with Crippen molar-refractivity contribution in [3.05, 3.63) is 53.3 Å². The van der Waals surface area contributed by atoms with Crippen molar-refractivity contribution in [3.63, 3.8) is 0 Å². The Labute approximate surface area is 111 Å². The van der Waals surface area contributed by atoms with Crippen LogP contribution in [-0.4, -0.2) is 6.79 Å². The van der Waals surface area contributed by atoms with Crippen molar-refractivity contribution in [3.8, 4) is 11.5 Å². The van der Waals surface area contributed by atoms with Gasteiger partial charge in [-0.1, -0.05) is 6.07 Å². The number of aryl methyl sites for hydroxylation is 1. The van der Waals surface area contributed by atoms with Gasteiger partial charge in [-0.2, -0.15) is 0 Å². The summed E-state index contributed by atoms with van der Waals surface area (Å²) in [5.41, 5.74) is 2.73. The predicted molar refractivity (Wildman–Crippen MR) is 71.0 cm³/mol. The maximum atomic E-state index is 13.3. The molecule has 0 atom stereocenters. The van der Waals surface area contributed by atoms with Crippen LogP contribution in [0.4, 0.5) is 10.1 Å². The minimum Gasteiger partial charge on any atom is -0.454 e. The third-order valence-electron chi connectivity index (χ3n) is 2.98. The van der Waals surface area contributed by atoms with E-state index in [1.165, 1.54) is 12.1 Å². The van der Waals surface area contributed by atoms with E-state index in [4.69, 9.17) is 9.47 Å². The van der Waals surface area contributed by atoms with Crippen molar-refractivity contribution < 1.29 is 13.9 Å². The summed E-state index contributed by atoms with van der Waals surface area (Å²) in [7, 11) is 0. The van der Waals surface area contributed by atoms with Gasteiger partial charge in [0.15, 0.2) is 11.5 Å². The minimum atomic E-state index is -0.229. The molecule has 0 saturated carbocycles. The second kappa shape index (κ2) is 4.80. The molecule has 0 radical (unpaired) electrons. The van der Waals surface area contributed by atoms with Gasteiger partial charge in [0.25, 0.3) is 0 Å². The first-order valence-corrected chi connectivity index (χ1v) is 6.10. The molecule has 1 N–H and O–H groups in total. The Morgan fingerprint density at radius 3 is 2.79 bits per heavy atom. The first-order valence-electron chi connectivity index (χ1n) is 6.10. The van der Waals surface area contributed by atoms with Gasteiger partial charge in [-0.3, -0.25) is 0 Å². The van der Waals surface area contributed by atoms with Crippen LogP contribution < -0.4 is 14.8 Å². The zero-order valence-corrected chi connectivity index (χ0v) is 10.6. The summed E-state index contributed by atoms with van der Waals surface area (Å²) < 4.78 is 23.8. The van der Waals surface area contributed by atoms with E-state index < -0.39 is 0 Å². The van der Waals surface area contributed by atoms with Crippen LogP contribution in [0.1, 0.15) is 11.1 Å². The van der Waals surface area contributed by atoms with E-state index >= 15 is 0 Å². The molecule has 0 aromatic heterocycles. The van der Waals surface area contributed by atoms with E-state index in [0.29, 0.717) is 6.54 Å². The Kier molecular flexibility index (Phi) is 2.99. The molecule has 0 bridgehead atoms. The lowest BCUT2D eigenvalue weighted by Crippen LogP contribution is -2.00. The largest absolute Gasteiger partial charge is 0.454 e. The highest BCUT2D eigenvalue weighted by atomic mass is 19.1. The number of benzene rings is 2. The Morgan fingerprint density at radius 1 is 1.11 bits per heavy atom. The number of rotatable bonds is 3. The lowest BCUT2D eigenvalue weighted by molar-refractivity contribution is 0.174. The maximum absolute atomic E-state index is 13.3. The minimum absolute atomic E-state index is 0.229. The van der Waals surface area contributed by atoms with Crippen LogP contribution in [-0.2, 0) is 6.54 Å². The van der Waals surface area contributed by atoms with E-state index in [9.17, 15) is 4.39 Å². The lowest BCUT2D eigenvalue weighted by Gasteiger charge is -2.08. The molecular formula is C15H14FNO2. The molecule has 0 saturated heterocycles. The Morgan fingerprint density at radius 2 is 1.95 bits per heavy atom. The number of ether oxygens (including phenoxy) is 2. The molecule has 3 nitrogen and oxygen atoms in total. The average molecular weight is 259 g/mol. The third-order valence-corrected chi connectivity index (χ3v) is 2.98. The highest BCUT2D eigenvalue weighted by molar-refractivity contribution is 5.48. The van der Waals surface area contributed by atoms with Crippen molar-refractivity contribution in [2.75, 3.05) is 12.1 Å². The van der Waals surface area contributed by atoms with Gasteiger partial charge in [-0.15, -0.1) is 0 Å². The quantitative estimate of drug-likeness (QED) is 0.915. The molecule has 1 heterocycles. The fraction of sp³-hybridized carbons (Fsp3) is 0.200. The van der Waals surface area contributed by atoms with E-state index in [0.717, 1.165) is 28.3 Å². The van der Waals surface area contributed by atoms with Crippen molar-refractivity contribution in [1.29, 1.82) is 0 Å². The first-order chi connectivity index (χ1) is 9.20. The molecule has 0 amide bonds. The SMILES string of the molecule is Cc1cc(F)cc(NCc2ccc3c(c2)OCO3)c1. The monoisotopic (exact) mass is 259 g/mol. The van der Waals surface area contributed by atoms with Crippen molar-refractivity contribution in [1.82, 2.24) is 0 Å². The van der Waals surface area contributed by atoms with Gasteiger partial charge in [0.2, 0.25) is 6.79 Å². The van der Waals surface area contributed by atoms with Crippen LogP contribution in [0.2, 0.25) is 0 Å². The molecule has 0 fully saturated rings. The standard InChI is InChI=1S/C15H14FNO2/c1-10-4-12(16)7-13(5-10)17-8-11-2-3-14-15(6-11)19-9-18-14/h2-7,17H,8-9H2,1H3. The second-order valence-electron chi connectivity index (χ2n) is 4.56. The van der Waals surface area contributed by atoms with Crippen molar-refractivity contribution in [2.24, 2.45) is 0 Å². The molecular weight excluding hydrogens is 245 g/mol. The van der Waals surface area contributed by atoms with Gasteiger partial charge in [0.1, 0.15) is 5.82 Å². The summed E-state index contributed by atoms with van der Waals surface area (Å²) in [6, 6.07) is 10.7. The molecule has 0 spiro atoms. The van der Waals surface area contributed by atoms with Crippen LogP contribution in [0.3, 0.4) is 0 Å².